The normalized spacial score (nSPS) is 21.7. The number of sulfonamides is 1. The lowest BCUT2D eigenvalue weighted by molar-refractivity contribution is -0.120. The van der Waals surface area contributed by atoms with Crippen molar-refractivity contribution in [2.75, 3.05) is 24.7 Å². The lowest BCUT2D eigenvalue weighted by Crippen LogP contribution is -2.43. The first-order chi connectivity index (χ1) is 8.47. The summed E-state index contributed by atoms with van der Waals surface area (Å²) >= 11 is 1.35. The number of carbonyl (C=O) groups is 1. The molecule has 18 heavy (non-hydrogen) atoms. The van der Waals surface area contributed by atoms with E-state index in [0.717, 1.165) is 0 Å². The van der Waals surface area contributed by atoms with Gasteiger partial charge in [0.1, 0.15) is 0 Å². The van der Waals surface area contributed by atoms with Crippen LogP contribution in [0.5, 0.6) is 0 Å². The monoisotopic (exact) mass is 289 g/mol. The number of anilines is 1. The van der Waals surface area contributed by atoms with Crippen LogP contribution in [0.25, 0.3) is 0 Å². The van der Waals surface area contributed by atoms with Gasteiger partial charge in [0, 0.05) is 24.7 Å². The van der Waals surface area contributed by atoms with Gasteiger partial charge in [-0.1, -0.05) is 0 Å². The van der Waals surface area contributed by atoms with Gasteiger partial charge in [0.2, 0.25) is 15.9 Å². The van der Waals surface area contributed by atoms with E-state index in [0.29, 0.717) is 24.5 Å². The van der Waals surface area contributed by atoms with Crippen molar-refractivity contribution >= 4 is 32.4 Å². The number of aromatic nitrogens is 1. The fourth-order valence-corrected chi connectivity index (χ4v) is 3.39. The van der Waals surface area contributed by atoms with E-state index < -0.39 is 10.0 Å². The number of piperidine rings is 1. The molecule has 100 valence electrons. The van der Waals surface area contributed by atoms with E-state index in [-0.39, 0.29) is 18.4 Å². The predicted molar refractivity (Wildman–Crippen MR) is 69.9 cm³/mol. The lowest BCUT2D eigenvalue weighted by Gasteiger charge is -2.29. The van der Waals surface area contributed by atoms with Gasteiger partial charge < -0.3 is 5.32 Å². The highest BCUT2D eigenvalue weighted by Gasteiger charge is 2.30. The number of nitrogens with one attached hydrogen (secondary N) is 1. The lowest BCUT2D eigenvalue weighted by atomic mass is 9.99. The molecule has 8 heteroatoms. The van der Waals surface area contributed by atoms with E-state index in [9.17, 15) is 13.2 Å². The Hall–Kier alpha value is -0.990. The maximum absolute atomic E-state index is 12.0. The van der Waals surface area contributed by atoms with Crippen molar-refractivity contribution in [3.63, 3.8) is 0 Å². The maximum atomic E-state index is 12.0. The van der Waals surface area contributed by atoms with E-state index in [1.807, 2.05) is 0 Å². The summed E-state index contributed by atoms with van der Waals surface area (Å²) in [6.45, 7) is 0.760. The van der Waals surface area contributed by atoms with Gasteiger partial charge >= 0.3 is 0 Å². The smallest absolute Gasteiger partial charge is 0.230 e. The van der Waals surface area contributed by atoms with Crippen molar-refractivity contribution in [2.24, 2.45) is 5.92 Å². The van der Waals surface area contributed by atoms with Crippen molar-refractivity contribution in [3.8, 4) is 0 Å². The second kappa shape index (κ2) is 5.33. The number of hydrogen-bond donors (Lipinski definition) is 1. The maximum Gasteiger partial charge on any atom is 0.230 e. The Labute approximate surface area is 110 Å². The summed E-state index contributed by atoms with van der Waals surface area (Å²) in [5.41, 5.74) is 0. The molecule has 1 amide bonds. The molecule has 0 spiro atoms. The molecule has 2 rings (SSSR count). The molecule has 1 fully saturated rings. The minimum atomic E-state index is -3.21. The molecule has 1 aliphatic rings. The third kappa shape index (κ3) is 3.27. The average molecular weight is 289 g/mol. The predicted octanol–water partition coefficient (Wildman–Crippen LogP) is 0.753. The Bertz CT molecular complexity index is 512. The second-order valence-electron chi connectivity index (χ2n) is 4.29. The highest BCUT2D eigenvalue weighted by molar-refractivity contribution is 7.88. The van der Waals surface area contributed by atoms with Crippen LogP contribution in [0.1, 0.15) is 12.8 Å². The van der Waals surface area contributed by atoms with Gasteiger partial charge in [0.15, 0.2) is 5.13 Å². The average Bonchev–Trinajstić information content (AvgIpc) is 2.81. The first-order valence-electron chi connectivity index (χ1n) is 5.62. The number of rotatable bonds is 3. The molecular formula is C10H15N3O3S2. The first kappa shape index (κ1) is 13.4. The van der Waals surface area contributed by atoms with Gasteiger partial charge in [-0.3, -0.25) is 4.79 Å². The van der Waals surface area contributed by atoms with E-state index in [1.165, 1.54) is 21.9 Å². The molecule has 1 saturated heterocycles. The molecule has 0 saturated carbocycles. The summed E-state index contributed by atoms with van der Waals surface area (Å²) in [5, 5.41) is 5.04. The van der Waals surface area contributed by atoms with Crippen molar-refractivity contribution in [1.29, 1.82) is 0 Å². The zero-order chi connectivity index (χ0) is 13.2. The van der Waals surface area contributed by atoms with E-state index >= 15 is 0 Å². The number of hydrogen-bond acceptors (Lipinski definition) is 5. The van der Waals surface area contributed by atoms with Crippen LogP contribution in [0.4, 0.5) is 5.13 Å². The standard InChI is InChI=1S/C10H15N3O3S2/c1-18(15,16)13-5-2-3-8(7-13)9(14)12-10-11-4-6-17-10/h4,6,8H,2-3,5,7H2,1H3,(H,11,12,14)/t8-/m0/s1. The highest BCUT2D eigenvalue weighted by atomic mass is 32.2. The zero-order valence-electron chi connectivity index (χ0n) is 10.00. The summed E-state index contributed by atoms with van der Waals surface area (Å²) in [5.74, 6) is -0.448. The van der Waals surface area contributed by atoms with Gasteiger partial charge in [0.25, 0.3) is 0 Å². The molecule has 0 aromatic carbocycles. The zero-order valence-corrected chi connectivity index (χ0v) is 11.6. The third-order valence-electron chi connectivity index (χ3n) is 2.89. The molecule has 0 bridgehead atoms. The number of amides is 1. The Morgan fingerprint density at radius 2 is 2.39 bits per heavy atom. The van der Waals surface area contributed by atoms with Crippen molar-refractivity contribution < 1.29 is 13.2 Å². The van der Waals surface area contributed by atoms with Crippen molar-refractivity contribution in [1.82, 2.24) is 9.29 Å². The summed E-state index contributed by atoms with van der Waals surface area (Å²) in [6, 6.07) is 0. The molecular weight excluding hydrogens is 274 g/mol. The number of thiazole rings is 1. The van der Waals surface area contributed by atoms with Crippen molar-refractivity contribution in [2.45, 2.75) is 12.8 Å². The topological polar surface area (TPSA) is 79.4 Å². The quantitative estimate of drug-likeness (QED) is 0.890. The molecule has 6 nitrogen and oxygen atoms in total. The van der Waals surface area contributed by atoms with Gasteiger partial charge in [-0.05, 0) is 12.8 Å². The van der Waals surface area contributed by atoms with Crippen molar-refractivity contribution in [3.05, 3.63) is 11.6 Å². The minimum Gasteiger partial charge on any atom is -0.302 e. The van der Waals surface area contributed by atoms with Crippen LogP contribution >= 0.6 is 11.3 Å². The number of nitrogens with zero attached hydrogens (tertiary/aromatic N) is 2. The molecule has 2 heterocycles. The van der Waals surface area contributed by atoms with Crippen LogP contribution in [-0.2, 0) is 14.8 Å². The van der Waals surface area contributed by atoms with Gasteiger partial charge in [-0.15, -0.1) is 11.3 Å². The molecule has 1 aliphatic heterocycles. The van der Waals surface area contributed by atoms with Gasteiger partial charge in [-0.2, -0.15) is 0 Å². The Kier molecular flexibility index (Phi) is 3.98. The van der Waals surface area contributed by atoms with Crippen LogP contribution in [0.2, 0.25) is 0 Å². The Balaban J connectivity index is 1.98. The Morgan fingerprint density at radius 3 is 3.00 bits per heavy atom. The molecule has 0 radical (unpaired) electrons. The third-order valence-corrected chi connectivity index (χ3v) is 4.84. The summed E-state index contributed by atoms with van der Waals surface area (Å²) < 4.78 is 24.3. The summed E-state index contributed by atoms with van der Waals surface area (Å²) in [4.78, 5) is 15.9. The van der Waals surface area contributed by atoms with E-state index in [2.05, 4.69) is 10.3 Å². The molecule has 1 aromatic rings. The molecule has 1 aromatic heterocycles. The van der Waals surface area contributed by atoms with Crippen LogP contribution in [0, 0.1) is 5.92 Å². The molecule has 1 atom stereocenters. The fraction of sp³-hybridized carbons (Fsp3) is 0.600. The largest absolute Gasteiger partial charge is 0.302 e. The fourth-order valence-electron chi connectivity index (χ4n) is 1.95. The van der Waals surface area contributed by atoms with E-state index in [1.54, 1.807) is 11.6 Å². The molecule has 0 unspecified atom stereocenters. The summed E-state index contributed by atoms with van der Waals surface area (Å²) in [7, 11) is -3.21. The van der Waals surface area contributed by atoms with Gasteiger partial charge in [-0.25, -0.2) is 17.7 Å². The summed E-state index contributed by atoms with van der Waals surface area (Å²) in [6.07, 6.45) is 4.21. The Morgan fingerprint density at radius 1 is 1.61 bits per heavy atom. The molecule has 1 N–H and O–H groups in total. The van der Waals surface area contributed by atoms with E-state index in [4.69, 9.17) is 0 Å². The van der Waals surface area contributed by atoms with Crippen LogP contribution < -0.4 is 5.32 Å². The second-order valence-corrected chi connectivity index (χ2v) is 7.16. The van der Waals surface area contributed by atoms with Crippen LogP contribution in [0.15, 0.2) is 11.6 Å². The molecule has 0 aliphatic carbocycles. The SMILES string of the molecule is CS(=O)(=O)N1CCC[C@H](C(=O)Nc2nccs2)C1. The highest BCUT2D eigenvalue weighted by Crippen LogP contribution is 2.21. The number of carbonyl (C=O) groups excluding carboxylic acids is 1. The van der Waals surface area contributed by atoms with Crippen LogP contribution in [0.3, 0.4) is 0 Å². The van der Waals surface area contributed by atoms with Crippen LogP contribution in [-0.4, -0.2) is 43.0 Å². The first-order valence-corrected chi connectivity index (χ1v) is 8.35. The minimum absolute atomic E-state index is 0.154. The van der Waals surface area contributed by atoms with Gasteiger partial charge in [0.05, 0.1) is 12.2 Å².